The topological polar surface area (TPSA) is 235 Å². The van der Waals surface area contributed by atoms with E-state index in [2.05, 4.69) is 24.1 Å². The molecule has 0 radical (unpaired) electrons. The third-order valence-electron chi connectivity index (χ3n) is 15.3. The van der Waals surface area contributed by atoms with Crippen molar-refractivity contribution in [2.45, 2.75) is 96.1 Å². The molecule has 3 atom stereocenters. The second-order valence-electron chi connectivity index (χ2n) is 21.2. The van der Waals surface area contributed by atoms with Crippen molar-refractivity contribution in [2.24, 2.45) is 16.2 Å². The summed E-state index contributed by atoms with van der Waals surface area (Å²) >= 11 is 1.41. The number of carbonyl (C=O) groups excluding carboxylic acids is 4. The SMILES string of the molecule is Cc1c(-c2ccc(N3CCc4cccc(C(=O)Nc5nc6ccccc6s5)c4C3)nc2C(=O)O)cnn1CC12CC3(C)CC(C)(C1)CC(OCCN(C)C(=O)C(CCN1C(=O)C=CC1=O)S(=O)(=O)O)(C3)C2. The third kappa shape index (κ3) is 9.26. The predicted octanol–water partition coefficient (Wildman–Crippen LogP) is 6.54. The number of benzene rings is 2. The summed E-state index contributed by atoms with van der Waals surface area (Å²) in [6.45, 7) is 7.91. The van der Waals surface area contributed by atoms with Crippen LogP contribution >= 0.6 is 11.3 Å². The minimum atomic E-state index is -4.87. The van der Waals surface area contributed by atoms with Crippen molar-refractivity contribution >= 4 is 72.2 Å². The van der Waals surface area contributed by atoms with Gasteiger partial charge in [-0.1, -0.05) is 49.4 Å². The van der Waals surface area contributed by atoms with Gasteiger partial charge in [0, 0.05) is 74.3 Å². The predicted molar refractivity (Wildman–Crippen MR) is 264 cm³/mol. The number of rotatable bonds is 16. The molecular formula is C51H56N8O10S2. The molecule has 4 aliphatic carbocycles. The van der Waals surface area contributed by atoms with E-state index in [-0.39, 0.29) is 47.5 Å². The second kappa shape index (κ2) is 17.7. The molecule has 18 nitrogen and oxygen atoms in total. The van der Waals surface area contributed by atoms with Gasteiger partial charge in [0.05, 0.1) is 28.6 Å². The number of carbonyl (C=O) groups is 5. The van der Waals surface area contributed by atoms with Crippen molar-refractivity contribution in [3.63, 3.8) is 0 Å². The van der Waals surface area contributed by atoms with E-state index in [1.54, 1.807) is 18.3 Å². The summed E-state index contributed by atoms with van der Waals surface area (Å²) in [4.78, 5) is 77.6. The highest BCUT2D eigenvalue weighted by atomic mass is 32.2. The molecule has 4 amide bonds. The van der Waals surface area contributed by atoms with E-state index in [0.717, 1.165) is 82.6 Å². The van der Waals surface area contributed by atoms with Crippen LogP contribution in [0.2, 0.25) is 0 Å². The fourth-order valence-electron chi connectivity index (χ4n) is 13.5. The molecule has 6 aliphatic rings. The molecular weight excluding hydrogens is 949 g/mol. The smallest absolute Gasteiger partial charge is 0.355 e. The Kier molecular flexibility index (Phi) is 12.1. The quantitative estimate of drug-likeness (QED) is 0.0704. The second-order valence-corrected chi connectivity index (χ2v) is 23.8. The normalized spacial score (nSPS) is 25.0. The molecule has 4 saturated carbocycles. The first-order valence-electron chi connectivity index (χ1n) is 23.8. The number of pyridine rings is 1. The van der Waals surface area contributed by atoms with Crippen LogP contribution < -0.4 is 10.2 Å². The summed E-state index contributed by atoms with van der Waals surface area (Å²) in [5.41, 5.74) is 4.24. The number of nitrogens with zero attached hydrogens (tertiary/aromatic N) is 7. The summed E-state index contributed by atoms with van der Waals surface area (Å²) in [5.74, 6) is -3.04. The molecule has 3 unspecified atom stereocenters. The number of hydrogen-bond donors (Lipinski definition) is 3. The number of likely N-dealkylation sites (N-methyl/N-ethyl adjacent to an activating group) is 1. The lowest BCUT2D eigenvalue weighted by Crippen LogP contribution is -2.64. The molecule has 71 heavy (non-hydrogen) atoms. The lowest BCUT2D eigenvalue weighted by molar-refractivity contribution is -0.248. The van der Waals surface area contributed by atoms with Crippen LogP contribution in [0.5, 0.6) is 0 Å². The summed E-state index contributed by atoms with van der Waals surface area (Å²) < 4.78 is 44.5. The van der Waals surface area contributed by atoms with Crippen LogP contribution in [-0.2, 0) is 48.7 Å². The van der Waals surface area contributed by atoms with Gasteiger partial charge in [-0.15, -0.1) is 0 Å². The van der Waals surface area contributed by atoms with Gasteiger partial charge in [0.15, 0.2) is 16.1 Å². The van der Waals surface area contributed by atoms with Crippen LogP contribution in [-0.4, -0.2) is 121 Å². The van der Waals surface area contributed by atoms with E-state index < -0.39 is 51.1 Å². The summed E-state index contributed by atoms with van der Waals surface area (Å²) in [5, 5.41) is 17.1. The van der Waals surface area contributed by atoms with Crippen LogP contribution in [0, 0.1) is 23.2 Å². The Labute approximate surface area is 414 Å². The third-order valence-corrected chi connectivity index (χ3v) is 17.4. The first-order chi connectivity index (χ1) is 33.6. The first-order valence-corrected chi connectivity index (χ1v) is 26.1. The maximum absolute atomic E-state index is 13.7. The highest BCUT2D eigenvalue weighted by Crippen LogP contribution is 2.72. The highest BCUT2D eigenvalue weighted by Gasteiger charge is 2.66. The van der Waals surface area contributed by atoms with Crippen molar-refractivity contribution in [1.82, 2.24) is 29.5 Å². The van der Waals surface area contributed by atoms with E-state index in [1.165, 1.54) is 23.3 Å². The number of carboxylic acid groups (broad SMARTS) is 1. The number of anilines is 2. The number of fused-ring (bicyclic) bond motifs is 2. The van der Waals surface area contributed by atoms with Crippen molar-refractivity contribution in [3.8, 4) is 11.1 Å². The Morgan fingerprint density at radius 2 is 1.66 bits per heavy atom. The van der Waals surface area contributed by atoms with Gasteiger partial charge in [-0.3, -0.25) is 38.6 Å². The van der Waals surface area contributed by atoms with E-state index in [0.29, 0.717) is 53.7 Å². The van der Waals surface area contributed by atoms with Gasteiger partial charge in [-0.25, -0.2) is 14.8 Å². The van der Waals surface area contributed by atoms with Crippen LogP contribution in [0.1, 0.15) is 96.5 Å². The lowest BCUT2D eigenvalue weighted by Gasteiger charge is -2.69. The Balaban J connectivity index is 0.831. The lowest BCUT2D eigenvalue weighted by atomic mass is 9.39. The van der Waals surface area contributed by atoms with Crippen LogP contribution in [0.4, 0.5) is 10.9 Å². The average molecular weight is 1010 g/mol. The fourth-order valence-corrected chi connectivity index (χ4v) is 15.2. The fraction of sp³-hybridized carbons (Fsp3) is 0.451. The Bertz CT molecular complexity index is 3110. The number of imide groups is 1. The standard InChI is InChI=1S/C51H56N8O10S2/c1-31-35(33-12-13-40(54-43(33)46(64)65)57-18-16-32-8-7-9-34(36(32)23-57)44(62)55-47-53-37-10-5-6-11-38(37)70-47)22-52-59(31)30-50-25-48(2)24-49(3,26-50)28-51(27-48,29-50)69-21-20-56(4)45(63)39(71(66,67)68)17-19-58-41(60)14-15-42(58)61/h5-15,22,39H,16-21,23-30H2,1-4H3,(H,64,65)(H,53,55,62)(H,66,67,68). The van der Waals surface area contributed by atoms with Crippen molar-refractivity contribution in [1.29, 1.82) is 0 Å². The van der Waals surface area contributed by atoms with E-state index in [4.69, 9.17) is 14.8 Å². The van der Waals surface area contributed by atoms with Gasteiger partial charge < -0.3 is 19.6 Å². The molecule has 5 heterocycles. The molecule has 2 aromatic carbocycles. The molecule has 11 rings (SSSR count). The summed E-state index contributed by atoms with van der Waals surface area (Å²) in [6.07, 6.45) is 9.33. The van der Waals surface area contributed by atoms with Gasteiger partial charge >= 0.3 is 5.97 Å². The molecule has 5 aromatic rings. The zero-order valence-electron chi connectivity index (χ0n) is 40.0. The van der Waals surface area contributed by atoms with Gasteiger partial charge in [0.25, 0.3) is 27.8 Å². The van der Waals surface area contributed by atoms with E-state index in [1.807, 2.05) is 59.0 Å². The number of aromatic nitrogens is 4. The Hall–Kier alpha value is -6.35. The van der Waals surface area contributed by atoms with Gasteiger partial charge in [-0.2, -0.15) is 13.5 Å². The number of hydrogen-bond acceptors (Lipinski definition) is 13. The van der Waals surface area contributed by atoms with Crippen LogP contribution in [0.15, 0.2) is 72.9 Å². The van der Waals surface area contributed by atoms with Crippen LogP contribution in [0.25, 0.3) is 21.3 Å². The van der Waals surface area contributed by atoms with Crippen molar-refractivity contribution in [2.75, 3.05) is 43.5 Å². The zero-order chi connectivity index (χ0) is 50.3. The summed E-state index contributed by atoms with van der Waals surface area (Å²) in [7, 11) is -3.43. The monoisotopic (exact) mass is 1000 g/mol. The molecule has 4 bridgehead atoms. The molecule has 0 spiro atoms. The van der Waals surface area contributed by atoms with Crippen LogP contribution in [0.3, 0.4) is 0 Å². The van der Waals surface area contributed by atoms with E-state index >= 15 is 0 Å². The van der Waals surface area contributed by atoms with Gasteiger partial charge in [0.2, 0.25) is 5.91 Å². The molecule has 4 fully saturated rings. The minimum Gasteiger partial charge on any atom is -0.476 e. The molecule has 20 heteroatoms. The first kappa shape index (κ1) is 48.3. The number of nitrogens with one attached hydrogen (secondary N) is 1. The molecule has 0 saturated heterocycles. The van der Waals surface area contributed by atoms with Gasteiger partial charge in [-0.05, 0) is 116 Å². The highest BCUT2D eigenvalue weighted by molar-refractivity contribution is 7.87. The van der Waals surface area contributed by atoms with E-state index in [9.17, 15) is 42.0 Å². The number of carboxylic acids is 1. The maximum atomic E-state index is 13.7. The number of para-hydroxylation sites is 1. The average Bonchev–Trinajstić information content (AvgIpc) is 3.98. The van der Waals surface area contributed by atoms with Crippen molar-refractivity contribution in [3.05, 3.63) is 101 Å². The largest absolute Gasteiger partial charge is 0.476 e. The molecule has 2 aliphatic heterocycles. The zero-order valence-corrected chi connectivity index (χ0v) is 41.6. The summed E-state index contributed by atoms with van der Waals surface area (Å²) in [6, 6.07) is 17.0. The molecule has 3 N–H and O–H groups in total. The minimum absolute atomic E-state index is 0.0450. The van der Waals surface area contributed by atoms with Gasteiger partial charge in [0.1, 0.15) is 5.82 Å². The van der Waals surface area contributed by atoms with Crippen molar-refractivity contribution < 1.29 is 46.8 Å². The Morgan fingerprint density at radius 3 is 2.37 bits per heavy atom. The number of aromatic carboxylic acids is 1. The number of thiazole rings is 1. The Morgan fingerprint density at radius 1 is 0.930 bits per heavy atom. The molecule has 3 aromatic heterocycles. The molecule has 372 valence electrons. The number of ether oxygens (including phenoxy) is 1. The maximum Gasteiger partial charge on any atom is 0.355 e. The number of amides is 4.